The highest BCUT2D eigenvalue weighted by molar-refractivity contribution is 7.09. The molecule has 6 heteroatoms. The van der Waals surface area contributed by atoms with Gasteiger partial charge in [0, 0.05) is 11.8 Å². The van der Waals surface area contributed by atoms with Crippen LogP contribution in [-0.2, 0) is 6.42 Å². The molecule has 0 amide bonds. The van der Waals surface area contributed by atoms with Gasteiger partial charge < -0.3 is 10.1 Å². The summed E-state index contributed by atoms with van der Waals surface area (Å²) >= 11 is 1.55. The van der Waals surface area contributed by atoms with E-state index in [-0.39, 0.29) is 17.4 Å². The van der Waals surface area contributed by atoms with Gasteiger partial charge in [-0.3, -0.25) is 4.79 Å². The Morgan fingerprint density at radius 1 is 1.44 bits per heavy atom. The number of hydrogen-bond acceptors (Lipinski definition) is 5. The normalized spacial score (nSPS) is 11.1. The lowest BCUT2D eigenvalue weighted by Crippen LogP contribution is -2.18. The molecule has 2 rings (SSSR count). The average Bonchev–Trinajstić information content (AvgIpc) is 2.62. The Hall–Kier alpha value is -1.69. The first-order chi connectivity index (χ1) is 8.47. The van der Waals surface area contributed by atoms with Crippen molar-refractivity contribution in [3.8, 4) is 5.88 Å². The van der Waals surface area contributed by atoms with Crippen LogP contribution in [0.15, 0.2) is 10.2 Å². The zero-order valence-electron chi connectivity index (χ0n) is 10.5. The zero-order valence-corrected chi connectivity index (χ0v) is 11.3. The van der Waals surface area contributed by atoms with Crippen molar-refractivity contribution in [2.45, 2.75) is 33.1 Å². The first kappa shape index (κ1) is 12.8. The molecule has 0 aliphatic rings. The van der Waals surface area contributed by atoms with E-state index in [1.807, 2.05) is 26.2 Å². The number of rotatable bonds is 3. The molecular formula is C12H15N3O2S. The SMILES string of the molecule is Cc1nc(Cc2nc(O)c(C(C)C)c(=O)[nH]2)cs1. The van der Waals surface area contributed by atoms with E-state index < -0.39 is 0 Å². The molecule has 2 heterocycles. The molecule has 0 saturated heterocycles. The largest absolute Gasteiger partial charge is 0.493 e. The van der Waals surface area contributed by atoms with E-state index >= 15 is 0 Å². The molecule has 0 aliphatic heterocycles. The number of nitrogens with zero attached hydrogens (tertiary/aromatic N) is 2. The summed E-state index contributed by atoms with van der Waals surface area (Å²) in [6.07, 6.45) is 0.422. The summed E-state index contributed by atoms with van der Waals surface area (Å²) in [6.45, 7) is 5.61. The van der Waals surface area contributed by atoms with Gasteiger partial charge in [-0.2, -0.15) is 4.98 Å². The maximum atomic E-state index is 11.8. The minimum atomic E-state index is -0.278. The second-order valence-corrected chi connectivity index (χ2v) is 5.50. The van der Waals surface area contributed by atoms with Crippen LogP contribution < -0.4 is 5.56 Å². The summed E-state index contributed by atoms with van der Waals surface area (Å²) < 4.78 is 0. The van der Waals surface area contributed by atoms with E-state index in [2.05, 4.69) is 15.0 Å². The standard InChI is InChI=1S/C12H15N3O2S/c1-6(2)10-11(16)14-9(15-12(10)17)4-8-5-18-7(3)13-8/h5-6H,4H2,1-3H3,(H2,14,15,16,17). The fourth-order valence-electron chi connectivity index (χ4n) is 1.78. The molecule has 0 radical (unpaired) electrons. The lowest BCUT2D eigenvalue weighted by atomic mass is 10.1. The van der Waals surface area contributed by atoms with Crippen LogP contribution in [0.5, 0.6) is 5.88 Å². The Kier molecular flexibility index (Phi) is 3.47. The Morgan fingerprint density at radius 3 is 2.67 bits per heavy atom. The third-order valence-corrected chi connectivity index (χ3v) is 3.40. The Morgan fingerprint density at radius 2 is 2.17 bits per heavy atom. The summed E-state index contributed by atoms with van der Waals surface area (Å²) in [5.41, 5.74) is 0.894. The monoisotopic (exact) mass is 265 g/mol. The van der Waals surface area contributed by atoms with Crippen LogP contribution in [0.4, 0.5) is 0 Å². The fourth-order valence-corrected chi connectivity index (χ4v) is 2.39. The minimum Gasteiger partial charge on any atom is -0.493 e. The van der Waals surface area contributed by atoms with Crippen LogP contribution in [-0.4, -0.2) is 20.1 Å². The van der Waals surface area contributed by atoms with Gasteiger partial charge in [0.25, 0.3) is 5.56 Å². The van der Waals surface area contributed by atoms with Gasteiger partial charge in [0.05, 0.1) is 16.3 Å². The summed E-state index contributed by atoms with van der Waals surface area (Å²) in [4.78, 5) is 22.8. The second-order valence-electron chi connectivity index (χ2n) is 4.44. The van der Waals surface area contributed by atoms with E-state index in [0.29, 0.717) is 17.8 Å². The van der Waals surface area contributed by atoms with Gasteiger partial charge in [-0.25, -0.2) is 4.98 Å². The summed E-state index contributed by atoms with van der Waals surface area (Å²) in [7, 11) is 0. The molecule has 18 heavy (non-hydrogen) atoms. The van der Waals surface area contributed by atoms with Gasteiger partial charge in [-0.15, -0.1) is 11.3 Å². The molecule has 5 nitrogen and oxygen atoms in total. The third kappa shape index (κ3) is 2.59. The van der Waals surface area contributed by atoms with Crippen LogP contribution in [0, 0.1) is 6.92 Å². The Labute approximate surface area is 109 Å². The number of H-pyrrole nitrogens is 1. The molecule has 2 aromatic rings. The van der Waals surface area contributed by atoms with E-state index in [9.17, 15) is 9.90 Å². The Bertz CT molecular complexity index is 616. The predicted octanol–water partition coefficient (Wildman–Crippen LogP) is 1.95. The molecule has 2 aromatic heterocycles. The highest BCUT2D eigenvalue weighted by Gasteiger charge is 2.14. The maximum absolute atomic E-state index is 11.8. The predicted molar refractivity (Wildman–Crippen MR) is 70.3 cm³/mol. The minimum absolute atomic E-state index is 0.0585. The van der Waals surface area contributed by atoms with Crippen LogP contribution in [0.3, 0.4) is 0 Å². The number of aryl methyl sites for hydroxylation is 1. The number of aromatic hydroxyl groups is 1. The maximum Gasteiger partial charge on any atom is 0.258 e. The van der Waals surface area contributed by atoms with Gasteiger partial charge in [0.2, 0.25) is 5.88 Å². The highest BCUT2D eigenvalue weighted by Crippen LogP contribution is 2.19. The first-order valence-corrected chi connectivity index (χ1v) is 6.58. The number of aromatic nitrogens is 3. The van der Waals surface area contributed by atoms with Crippen molar-refractivity contribution in [1.29, 1.82) is 0 Å². The molecule has 0 saturated carbocycles. The van der Waals surface area contributed by atoms with Gasteiger partial charge in [-0.05, 0) is 12.8 Å². The topological polar surface area (TPSA) is 78.9 Å². The van der Waals surface area contributed by atoms with Crippen LogP contribution >= 0.6 is 11.3 Å². The van der Waals surface area contributed by atoms with E-state index in [1.54, 1.807) is 11.3 Å². The Balaban J connectivity index is 2.34. The number of nitrogens with one attached hydrogen (secondary N) is 1. The molecule has 0 spiro atoms. The van der Waals surface area contributed by atoms with Crippen molar-refractivity contribution >= 4 is 11.3 Å². The van der Waals surface area contributed by atoms with Crippen molar-refractivity contribution in [1.82, 2.24) is 15.0 Å². The van der Waals surface area contributed by atoms with Crippen LogP contribution in [0.1, 0.15) is 41.9 Å². The molecule has 96 valence electrons. The lowest BCUT2D eigenvalue weighted by molar-refractivity contribution is 0.436. The molecule has 0 aliphatic carbocycles. The summed E-state index contributed by atoms with van der Waals surface area (Å²) in [6, 6.07) is 0. The van der Waals surface area contributed by atoms with Crippen LogP contribution in [0.2, 0.25) is 0 Å². The average molecular weight is 265 g/mol. The highest BCUT2D eigenvalue weighted by atomic mass is 32.1. The third-order valence-electron chi connectivity index (χ3n) is 2.58. The first-order valence-electron chi connectivity index (χ1n) is 5.70. The van der Waals surface area contributed by atoms with E-state index in [1.165, 1.54) is 0 Å². The quantitative estimate of drug-likeness (QED) is 0.889. The lowest BCUT2D eigenvalue weighted by Gasteiger charge is -2.07. The molecule has 0 unspecified atom stereocenters. The smallest absolute Gasteiger partial charge is 0.258 e. The fraction of sp³-hybridized carbons (Fsp3) is 0.417. The van der Waals surface area contributed by atoms with Crippen molar-refractivity contribution in [3.63, 3.8) is 0 Å². The van der Waals surface area contributed by atoms with Crippen molar-refractivity contribution in [3.05, 3.63) is 37.8 Å². The van der Waals surface area contributed by atoms with Gasteiger partial charge in [0.1, 0.15) is 5.82 Å². The molecule has 0 fully saturated rings. The van der Waals surface area contributed by atoms with Crippen molar-refractivity contribution in [2.24, 2.45) is 0 Å². The van der Waals surface area contributed by atoms with Gasteiger partial charge >= 0.3 is 0 Å². The van der Waals surface area contributed by atoms with Gasteiger partial charge in [-0.1, -0.05) is 13.8 Å². The summed E-state index contributed by atoms with van der Waals surface area (Å²) in [5, 5.41) is 12.7. The van der Waals surface area contributed by atoms with Gasteiger partial charge in [0.15, 0.2) is 0 Å². The van der Waals surface area contributed by atoms with Crippen molar-refractivity contribution < 1.29 is 5.11 Å². The molecule has 0 atom stereocenters. The molecule has 0 bridgehead atoms. The van der Waals surface area contributed by atoms with E-state index in [0.717, 1.165) is 10.7 Å². The molecule has 0 aromatic carbocycles. The van der Waals surface area contributed by atoms with Crippen molar-refractivity contribution in [2.75, 3.05) is 0 Å². The van der Waals surface area contributed by atoms with E-state index in [4.69, 9.17) is 0 Å². The number of aromatic amines is 1. The number of thiazole rings is 1. The summed E-state index contributed by atoms with van der Waals surface area (Å²) in [5.74, 6) is 0.194. The number of hydrogen-bond donors (Lipinski definition) is 2. The zero-order chi connectivity index (χ0) is 13.3. The molecular weight excluding hydrogens is 250 g/mol. The second kappa shape index (κ2) is 4.89. The van der Waals surface area contributed by atoms with Crippen LogP contribution in [0.25, 0.3) is 0 Å². The molecule has 2 N–H and O–H groups in total.